The maximum atomic E-state index is 14.6. The van der Waals surface area contributed by atoms with Gasteiger partial charge in [0.1, 0.15) is 11.6 Å². The van der Waals surface area contributed by atoms with Crippen LogP contribution in [0.1, 0.15) is 42.4 Å². The predicted octanol–water partition coefficient (Wildman–Crippen LogP) is 5.41. The summed E-state index contributed by atoms with van der Waals surface area (Å²) in [6.07, 6.45) is 4.24. The fourth-order valence-electron chi connectivity index (χ4n) is 4.95. The number of methoxy groups -OCH3 is 1. The second-order valence-electron chi connectivity index (χ2n) is 8.85. The predicted molar refractivity (Wildman–Crippen MR) is 141 cm³/mol. The van der Waals surface area contributed by atoms with Crippen molar-refractivity contribution >= 4 is 37.2 Å². The SMILES string of the molecule is COc1ccc(CNC2(c3ccccc3F)CCCC2)cc1CN1CCN(C)CC1.Cl.Cl.Cl. The largest absolute Gasteiger partial charge is 0.496 e. The summed E-state index contributed by atoms with van der Waals surface area (Å²) in [6, 6.07) is 13.7. The summed E-state index contributed by atoms with van der Waals surface area (Å²) in [4.78, 5) is 4.87. The van der Waals surface area contributed by atoms with Crippen LogP contribution in [0.4, 0.5) is 4.39 Å². The molecule has 0 amide bonds. The van der Waals surface area contributed by atoms with Crippen LogP contribution in [-0.4, -0.2) is 50.1 Å². The Morgan fingerprint density at radius 3 is 2.27 bits per heavy atom. The van der Waals surface area contributed by atoms with Crippen LogP contribution in [0.25, 0.3) is 0 Å². The summed E-state index contributed by atoms with van der Waals surface area (Å²) in [7, 11) is 3.92. The van der Waals surface area contributed by atoms with Gasteiger partial charge in [-0.2, -0.15) is 0 Å². The first-order valence-corrected chi connectivity index (χ1v) is 11.2. The number of nitrogens with one attached hydrogen (secondary N) is 1. The van der Waals surface area contributed by atoms with Crippen molar-refractivity contribution in [2.75, 3.05) is 40.3 Å². The van der Waals surface area contributed by atoms with Gasteiger partial charge in [-0.05, 0) is 43.7 Å². The van der Waals surface area contributed by atoms with Crippen molar-refractivity contribution in [3.63, 3.8) is 0 Å². The topological polar surface area (TPSA) is 27.7 Å². The molecular formula is C25H37Cl3FN3O. The molecule has 0 atom stereocenters. The molecule has 0 radical (unpaired) electrons. The number of benzene rings is 2. The van der Waals surface area contributed by atoms with Gasteiger partial charge in [0.25, 0.3) is 0 Å². The van der Waals surface area contributed by atoms with Gasteiger partial charge in [0.2, 0.25) is 0 Å². The average Bonchev–Trinajstić information content (AvgIpc) is 3.24. The highest BCUT2D eigenvalue weighted by atomic mass is 35.5. The third-order valence-electron chi connectivity index (χ3n) is 6.81. The number of likely N-dealkylation sites (N-methyl/N-ethyl adjacent to an activating group) is 1. The minimum atomic E-state index is -0.261. The molecule has 0 unspecified atom stereocenters. The van der Waals surface area contributed by atoms with Gasteiger partial charge in [0.15, 0.2) is 0 Å². The van der Waals surface area contributed by atoms with E-state index < -0.39 is 0 Å². The Hall–Kier alpha value is -1.08. The van der Waals surface area contributed by atoms with Crippen molar-refractivity contribution in [3.8, 4) is 5.75 Å². The van der Waals surface area contributed by atoms with Gasteiger partial charge in [-0.1, -0.05) is 37.1 Å². The molecule has 1 aliphatic heterocycles. The van der Waals surface area contributed by atoms with E-state index in [9.17, 15) is 4.39 Å². The monoisotopic (exact) mass is 519 g/mol. The highest BCUT2D eigenvalue weighted by molar-refractivity contribution is 5.86. The molecule has 1 heterocycles. The van der Waals surface area contributed by atoms with Crippen molar-refractivity contribution in [3.05, 3.63) is 65.0 Å². The Balaban J connectivity index is 0.00000181. The summed E-state index contributed by atoms with van der Waals surface area (Å²) in [5.74, 6) is 0.847. The molecule has 0 aromatic heterocycles. The molecule has 186 valence electrons. The molecule has 1 N–H and O–H groups in total. The van der Waals surface area contributed by atoms with E-state index in [4.69, 9.17) is 4.74 Å². The first-order valence-electron chi connectivity index (χ1n) is 11.2. The first kappa shape index (κ1) is 30.0. The lowest BCUT2D eigenvalue weighted by atomic mass is 9.87. The van der Waals surface area contributed by atoms with Gasteiger partial charge in [-0.15, -0.1) is 37.2 Å². The van der Waals surface area contributed by atoms with Crippen molar-refractivity contribution in [2.45, 2.75) is 44.3 Å². The van der Waals surface area contributed by atoms with E-state index in [1.165, 1.54) is 11.1 Å². The summed E-state index contributed by atoms with van der Waals surface area (Å²) in [5, 5.41) is 3.74. The molecule has 2 aromatic rings. The lowest BCUT2D eigenvalue weighted by Crippen LogP contribution is -2.44. The van der Waals surface area contributed by atoms with Gasteiger partial charge >= 0.3 is 0 Å². The second kappa shape index (κ2) is 13.7. The fourth-order valence-corrected chi connectivity index (χ4v) is 4.95. The molecule has 1 aliphatic carbocycles. The van der Waals surface area contributed by atoms with E-state index in [1.807, 2.05) is 12.1 Å². The summed E-state index contributed by atoms with van der Waals surface area (Å²) < 4.78 is 20.2. The molecule has 1 saturated heterocycles. The van der Waals surface area contributed by atoms with E-state index in [0.717, 1.165) is 76.3 Å². The van der Waals surface area contributed by atoms with Crippen molar-refractivity contribution in [1.29, 1.82) is 0 Å². The Morgan fingerprint density at radius 2 is 1.64 bits per heavy atom. The third kappa shape index (κ3) is 7.20. The zero-order valence-electron chi connectivity index (χ0n) is 19.5. The smallest absolute Gasteiger partial charge is 0.128 e. The summed E-state index contributed by atoms with van der Waals surface area (Å²) in [6.45, 7) is 6.01. The Kier molecular flexibility index (Phi) is 12.5. The van der Waals surface area contributed by atoms with Crippen molar-refractivity contribution in [2.24, 2.45) is 0 Å². The van der Waals surface area contributed by atoms with Crippen LogP contribution in [0.5, 0.6) is 5.75 Å². The van der Waals surface area contributed by atoms with Gasteiger partial charge in [-0.3, -0.25) is 4.90 Å². The van der Waals surface area contributed by atoms with Crippen LogP contribution in [0.15, 0.2) is 42.5 Å². The number of hydrogen-bond acceptors (Lipinski definition) is 4. The van der Waals surface area contributed by atoms with Gasteiger partial charge in [0.05, 0.1) is 7.11 Å². The molecule has 2 aromatic carbocycles. The molecule has 33 heavy (non-hydrogen) atoms. The van der Waals surface area contributed by atoms with Crippen LogP contribution in [0.3, 0.4) is 0 Å². The van der Waals surface area contributed by atoms with Crippen LogP contribution < -0.4 is 10.1 Å². The van der Waals surface area contributed by atoms with Gasteiger partial charge < -0.3 is 15.0 Å². The van der Waals surface area contributed by atoms with Gasteiger partial charge in [-0.25, -0.2) is 4.39 Å². The Bertz CT molecular complexity index is 857. The van der Waals surface area contributed by atoms with Crippen LogP contribution in [0.2, 0.25) is 0 Å². The number of rotatable bonds is 7. The second-order valence-corrected chi connectivity index (χ2v) is 8.85. The molecular weight excluding hydrogens is 484 g/mol. The number of piperazine rings is 1. The Labute approximate surface area is 216 Å². The zero-order chi connectivity index (χ0) is 21.0. The molecule has 0 spiro atoms. The quantitative estimate of drug-likeness (QED) is 0.529. The van der Waals surface area contributed by atoms with E-state index in [-0.39, 0.29) is 48.6 Å². The average molecular weight is 521 g/mol. The lowest BCUT2D eigenvalue weighted by molar-refractivity contribution is 0.147. The Morgan fingerprint density at radius 1 is 0.970 bits per heavy atom. The maximum Gasteiger partial charge on any atom is 0.128 e. The molecule has 4 nitrogen and oxygen atoms in total. The summed E-state index contributed by atoms with van der Waals surface area (Å²) >= 11 is 0. The number of halogens is 4. The maximum absolute atomic E-state index is 14.6. The first-order chi connectivity index (χ1) is 14.6. The highest BCUT2D eigenvalue weighted by Crippen LogP contribution is 2.40. The van der Waals surface area contributed by atoms with Crippen LogP contribution >= 0.6 is 37.2 Å². The van der Waals surface area contributed by atoms with E-state index in [1.54, 1.807) is 19.2 Å². The molecule has 4 rings (SSSR count). The lowest BCUT2D eigenvalue weighted by Gasteiger charge is -2.33. The minimum Gasteiger partial charge on any atom is -0.496 e. The third-order valence-corrected chi connectivity index (χ3v) is 6.81. The normalized spacial score (nSPS) is 18.0. The standard InChI is InChI=1S/C25H34FN3O.3ClH/c1-28-13-15-29(16-14-28)19-21-17-20(9-10-24(21)30-2)18-27-25(11-5-6-12-25)22-7-3-4-8-23(22)26;;;/h3-4,7-10,17,27H,5-6,11-16,18-19H2,1-2H3;3*1H. The van der Waals surface area contributed by atoms with E-state index in [0.29, 0.717) is 0 Å². The molecule has 8 heteroatoms. The highest BCUT2D eigenvalue weighted by Gasteiger charge is 2.37. The molecule has 2 aliphatic rings. The number of hydrogen-bond donors (Lipinski definition) is 1. The minimum absolute atomic E-state index is 0. The van der Waals surface area contributed by atoms with Crippen LogP contribution in [0, 0.1) is 5.82 Å². The van der Waals surface area contributed by atoms with Gasteiger partial charge in [0, 0.05) is 55.9 Å². The summed E-state index contributed by atoms with van der Waals surface area (Å²) in [5.41, 5.74) is 3.01. The molecule has 2 fully saturated rings. The van der Waals surface area contributed by atoms with E-state index in [2.05, 4.69) is 40.4 Å². The van der Waals surface area contributed by atoms with Crippen molar-refractivity contribution in [1.82, 2.24) is 15.1 Å². The molecule has 1 saturated carbocycles. The van der Waals surface area contributed by atoms with Crippen molar-refractivity contribution < 1.29 is 9.13 Å². The number of ether oxygens (including phenoxy) is 1. The zero-order valence-corrected chi connectivity index (χ0v) is 22.0. The van der Waals surface area contributed by atoms with Crippen LogP contribution in [-0.2, 0) is 18.6 Å². The molecule has 0 bridgehead atoms. The fraction of sp³-hybridized carbons (Fsp3) is 0.520. The number of nitrogens with zero attached hydrogens (tertiary/aromatic N) is 2. The van der Waals surface area contributed by atoms with E-state index >= 15 is 0 Å².